The molecule has 0 atom stereocenters. The lowest BCUT2D eigenvalue weighted by Gasteiger charge is -2.32. The Balaban J connectivity index is 0.954. The molecule has 0 saturated heterocycles. The Bertz CT molecular complexity index is 3860. The first kappa shape index (κ1) is 36.4. The molecule has 65 heavy (non-hydrogen) atoms. The molecule has 11 aromatic carbocycles. The average molecular weight is 842 g/mol. The van der Waals surface area contributed by atoms with Crippen molar-refractivity contribution in [2.75, 3.05) is 4.90 Å². The van der Waals surface area contributed by atoms with Gasteiger partial charge in [0.1, 0.15) is 0 Å². The molecule has 1 spiro atoms. The van der Waals surface area contributed by atoms with E-state index in [0.717, 1.165) is 5.69 Å². The monoisotopic (exact) mass is 841 g/mol. The minimum atomic E-state index is -0.432. The van der Waals surface area contributed by atoms with Gasteiger partial charge in [0, 0.05) is 26.7 Å². The average Bonchev–Trinajstić information content (AvgIpc) is 4.01. The second-order valence-electron chi connectivity index (χ2n) is 17.6. The van der Waals surface area contributed by atoms with Crippen molar-refractivity contribution < 1.29 is 0 Å². The minimum absolute atomic E-state index is 0.432. The van der Waals surface area contributed by atoms with Gasteiger partial charge in [-0.3, -0.25) is 0 Å². The summed E-state index contributed by atoms with van der Waals surface area (Å²) in [5, 5.41) is 7.57. The number of fused-ring (bicyclic) bond motifs is 15. The summed E-state index contributed by atoms with van der Waals surface area (Å²) in [6.45, 7) is 0. The first-order valence-electron chi connectivity index (χ1n) is 22.5. The van der Waals surface area contributed by atoms with Crippen LogP contribution in [0.15, 0.2) is 237 Å². The molecule has 1 nitrogen and oxygen atoms in total. The summed E-state index contributed by atoms with van der Waals surface area (Å²) >= 11 is 1.88. The van der Waals surface area contributed by atoms with Crippen LogP contribution >= 0.6 is 11.3 Å². The SMILES string of the molecule is c1ccc2c(c1)-c1ccccc1C21c2ccccc2-c2c(N(c3ccc(-c4ccc5ccc(-c6ccc7ccccc7c6)cc5c4)cc3)c3cccc4c3sc3ccccc34)cccc21. The maximum atomic E-state index is 2.54. The summed E-state index contributed by atoms with van der Waals surface area (Å²) in [6, 6.07) is 88.3. The van der Waals surface area contributed by atoms with Crippen molar-refractivity contribution in [2.24, 2.45) is 0 Å². The van der Waals surface area contributed by atoms with Gasteiger partial charge in [0.2, 0.25) is 0 Å². The fourth-order valence-electron chi connectivity index (χ4n) is 11.4. The van der Waals surface area contributed by atoms with E-state index in [1.165, 1.54) is 120 Å². The third kappa shape index (κ3) is 5.26. The van der Waals surface area contributed by atoms with Crippen molar-refractivity contribution in [1.82, 2.24) is 0 Å². The molecule has 1 aromatic heterocycles. The second-order valence-corrected chi connectivity index (χ2v) is 18.6. The molecule has 1 heterocycles. The van der Waals surface area contributed by atoms with E-state index >= 15 is 0 Å². The van der Waals surface area contributed by atoms with Gasteiger partial charge in [-0.1, -0.05) is 188 Å². The number of rotatable bonds is 5. The van der Waals surface area contributed by atoms with E-state index in [9.17, 15) is 0 Å². The molecule has 2 aliphatic rings. The van der Waals surface area contributed by atoms with E-state index in [2.05, 4.69) is 241 Å². The third-order valence-corrected chi connectivity index (χ3v) is 15.5. The molecule has 0 amide bonds. The van der Waals surface area contributed by atoms with Crippen LogP contribution in [-0.2, 0) is 5.41 Å². The highest BCUT2D eigenvalue weighted by atomic mass is 32.1. The number of nitrogens with zero attached hydrogens (tertiary/aromatic N) is 1. The van der Waals surface area contributed by atoms with Crippen molar-refractivity contribution >= 4 is 70.1 Å². The summed E-state index contributed by atoms with van der Waals surface area (Å²) in [4.78, 5) is 2.54. The molecule has 0 saturated carbocycles. The minimum Gasteiger partial charge on any atom is -0.308 e. The van der Waals surface area contributed by atoms with Crippen LogP contribution in [0.25, 0.3) is 86.2 Å². The Kier molecular flexibility index (Phi) is 7.84. The molecule has 2 aliphatic carbocycles. The van der Waals surface area contributed by atoms with Gasteiger partial charge in [0.25, 0.3) is 0 Å². The lowest BCUT2D eigenvalue weighted by Crippen LogP contribution is -2.26. The zero-order chi connectivity index (χ0) is 42.6. The Morgan fingerprint density at radius 3 is 1.54 bits per heavy atom. The Labute approximate surface area is 381 Å². The number of thiophene rings is 1. The zero-order valence-corrected chi connectivity index (χ0v) is 36.2. The van der Waals surface area contributed by atoms with E-state index in [0.29, 0.717) is 0 Å². The number of hydrogen-bond donors (Lipinski definition) is 0. The lowest BCUT2D eigenvalue weighted by atomic mass is 9.70. The maximum Gasteiger partial charge on any atom is 0.0726 e. The van der Waals surface area contributed by atoms with E-state index in [1.54, 1.807) is 0 Å². The first-order chi connectivity index (χ1) is 32.2. The number of benzene rings is 11. The molecule has 14 rings (SSSR count). The van der Waals surface area contributed by atoms with Gasteiger partial charge < -0.3 is 4.90 Å². The summed E-state index contributed by atoms with van der Waals surface area (Å²) < 4.78 is 2.58. The lowest BCUT2D eigenvalue weighted by molar-refractivity contribution is 0.794. The molecular formula is C63H39NS. The zero-order valence-electron chi connectivity index (χ0n) is 35.4. The Hall–Kier alpha value is -8.04. The fourth-order valence-corrected chi connectivity index (χ4v) is 12.6. The highest BCUT2D eigenvalue weighted by Gasteiger charge is 2.52. The number of hydrogen-bond acceptors (Lipinski definition) is 2. The van der Waals surface area contributed by atoms with Crippen LogP contribution in [0, 0.1) is 0 Å². The highest BCUT2D eigenvalue weighted by Crippen LogP contribution is 2.65. The van der Waals surface area contributed by atoms with Gasteiger partial charge >= 0.3 is 0 Å². The quantitative estimate of drug-likeness (QED) is 0.167. The van der Waals surface area contributed by atoms with Crippen molar-refractivity contribution in [3.05, 3.63) is 259 Å². The van der Waals surface area contributed by atoms with Crippen LogP contribution in [0.3, 0.4) is 0 Å². The summed E-state index contributed by atoms with van der Waals surface area (Å²) in [5.41, 5.74) is 18.5. The molecule has 2 heteroatoms. The third-order valence-electron chi connectivity index (χ3n) is 14.2. The number of anilines is 3. The summed E-state index contributed by atoms with van der Waals surface area (Å²) in [7, 11) is 0. The van der Waals surface area contributed by atoms with E-state index in [-0.39, 0.29) is 0 Å². The van der Waals surface area contributed by atoms with E-state index < -0.39 is 5.41 Å². The highest BCUT2D eigenvalue weighted by molar-refractivity contribution is 7.26. The predicted molar refractivity (Wildman–Crippen MR) is 276 cm³/mol. The van der Waals surface area contributed by atoms with Crippen LogP contribution < -0.4 is 4.90 Å². The Morgan fingerprint density at radius 2 is 0.815 bits per heavy atom. The van der Waals surface area contributed by atoms with Crippen molar-refractivity contribution in [3.63, 3.8) is 0 Å². The predicted octanol–water partition coefficient (Wildman–Crippen LogP) is 17.5. The standard InChI is InChI=1S/C63H39NS/c1-2-14-43-37-45(31-27-40(43)13-1)46-32-29-42-28-30-44(38-47(42)39-46)41-33-35-48(36-34-41)64(59-25-11-19-52-51-17-6-10-26-60(51)65-62(52)59)58-24-12-23-57-61(58)53-18-5-9-22-56(53)63(57)54-20-7-3-15-49(54)50-16-4-8-21-55(50)63/h1-39H. The maximum absolute atomic E-state index is 2.54. The molecule has 0 N–H and O–H groups in total. The van der Waals surface area contributed by atoms with Gasteiger partial charge in [-0.2, -0.15) is 0 Å². The molecule has 0 aliphatic heterocycles. The smallest absolute Gasteiger partial charge is 0.0726 e. The second kappa shape index (κ2) is 14.0. The molecule has 0 radical (unpaired) electrons. The van der Waals surface area contributed by atoms with Crippen LogP contribution in [0.4, 0.5) is 17.1 Å². The fraction of sp³-hybridized carbons (Fsp3) is 0.0159. The first-order valence-corrected chi connectivity index (χ1v) is 23.3. The van der Waals surface area contributed by atoms with Crippen LogP contribution in [0.2, 0.25) is 0 Å². The molecule has 0 unspecified atom stereocenters. The van der Waals surface area contributed by atoms with E-state index in [4.69, 9.17) is 0 Å². The van der Waals surface area contributed by atoms with Gasteiger partial charge in [0.15, 0.2) is 0 Å². The van der Waals surface area contributed by atoms with Crippen LogP contribution in [0.1, 0.15) is 22.3 Å². The van der Waals surface area contributed by atoms with Crippen LogP contribution in [0.5, 0.6) is 0 Å². The van der Waals surface area contributed by atoms with Gasteiger partial charge in [-0.25, -0.2) is 0 Å². The Morgan fingerprint density at radius 1 is 0.323 bits per heavy atom. The van der Waals surface area contributed by atoms with Gasteiger partial charge in [-0.15, -0.1) is 11.3 Å². The van der Waals surface area contributed by atoms with Crippen molar-refractivity contribution in [1.29, 1.82) is 0 Å². The molecular weight excluding hydrogens is 803 g/mol. The van der Waals surface area contributed by atoms with Crippen molar-refractivity contribution in [3.8, 4) is 44.5 Å². The molecule has 0 bridgehead atoms. The van der Waals surface area contributed by atoms with Gasteiger partial charge in [0.05, 0.1) is 21.5 Å². The van der Waals surface area contributed by atoms with Crippen LogP contribution in [-0.4, -0.2) is 0 Å². The largest absolute Gasteiger partial charge is 0.308 e. The van der Waals surface area contributed by atoms with E-state index in [1.807, 2.05) is 11.3 Å². The van der Waals surface area contributed by atoms with Gasteiger partial charge in [-0.05, 0) is 131 Å². The molecule has 12 aromatic rings. The van der Waals surface area contributed by atoms with Crippen molar-refractivity contribution in [2.45, 2.75) is 5.41 Å². The normalized spacial score (nSPS) is 13.0. The summed E-state index contributed by atoms with van der Waals surface area (Å²) in [5.74, 6) is 0. The topological polar surface area (TPSA) is 3.24 Å². The molecule has 0 fully saturated rings. The molecule has 302 valence electrons. The summed E-state index contributed by atoms with van der Waals surface area (Å²) in [6.07, 6.45) is 0.